The van der Waals surface area contributed by atoms with Crippen LogP contribution in [-0.2, 0) is 21.0 Å². The normalized spacial score (nSPS) is 0.750. The van der Waals surface area contributed by atoms with E-state index in [0.29, 0.717) is 0 Å². The van der Waals surface area contributed by atoms with Crippen LogP contribution in [-0.4, -0.2) is 11.0 Å². The second-order valence-corrected chi connectivity index (χ2v) is 0. The summed E-state index contributed by atoms with van der Waals surface area (Å²) in [6.07, 6.45) is 0. The zero-order chi connectivity index (χ0) is 2.00. The molecule has 0 amide bonds. The first-order chi connectivity index (χ1) is 1.00. The van der Waals surface area contributed by atoms with Gasteiger partial charge in [0.15, 0.2) is 0 Å². The molecule has 0 aliphatic heterocycles. The molecule has 0 aromatic heterocycles. The fourth-order valence-corrected chi connectivity index (χ4v) is 0. The first kappa shape index (κ1) is 20.7. The predicted molar refractivity (Wildman–Crippen MR) is 19.3 cm³/mol. The van der Waals surface area contributed by atoms with Gasteiger partial charge in [-0.2, -0.15) is 0 Å². The third kappa shape index (κ3) is 13.0. The minimum absolute atomic E-state index is 0. The third-order valence-electron chi connectivity index (χ3n) is 0. The van der Waals surface area contributed by atoms with Crippen molar-refractivity contribution < 1.29 is 21.0 Å². The van der Waals surface area contributed by atoms with Crippen molar-refractivity contribution in [1.29, 1.82) is 0 Å². The smallest absolute Gasteiger partial charge is 0.0149 e. The van der Waals surface area contributed by atoms with Gasteiger partial charge >= 0.3 is 21.0 Å². The minimum atomic E-state index is 0. The molecule has 0 bridgehead atoms. The van der Waals surface area contributed by atoms with E-state index in [0.717, 1.165) is 17.4 Å². The average Bonchev–Trinajstić information content (AvgIpc) is 1.00. The maximum absolute atomic E-state index is 8.19. The van der Waals surface area contributed by atoms with Crippen LogP contribution in [0.4, 0.5) is 0 Å². The molecule has 0 aromatic carbocycles. The summed E-state index contributed by atoms with van der Waals surface area (Å²) >= 11 is 1.06. The second kappa shape index (κ2) is 40.9. The fourth-order valence-electron chi connectivity index (χ4n) is 0. The summed E-state index contributed by atoms with van der Waals surface area (Å²) < 4.78 is 8.19. The third-order valence-corrected chi connectivity index (χ3v) is 0. The molecular weight excluding hydrogens is 130 g/mol. The predicted octanol–water partition coefficient (Wildman–Crippen LogP) is -1.15. The summed E-state index contributed by atoms with van der Waals surface area (Å²) in [5.41, 5.74) is 0. The van der Waals surface area contributed by atoms with E-state index in [1.165, 1.54) is 0 Å². The van der Waals surface area contributed by atoms with Crippen LogP contribution in [0.25, 0.3) is 0 Å². The van der Waals surface area contributed by atoms with Gasteiger partial charge in [-0.15, -0.1) is 12.4 Å². The van der Waals surface area contributed by atoms with Crippen molar-refractivity contribution in [2.75, 3.05) is 0 Å². The summed E-state index contributed by atoms with van der Waals surface area (Å²) in [6, 6.07) is 0. The van der Waals surface area contributed by atoms with Gasteiger partial charge in [-0.05, 0) is 11.0 Å². The zero-order valence-corrected chi connectivity index (χ0v) is 3.48. The van der Waals surface area contributed by atoms with Crippen molar-refractivity contribution in [3.63, 3.8) is 0 Å². The quantitative estimate of drug-likeness (QED) is 0.384. The van der Waals surface area contributed by atoms with Crippen molar-refractivity contribution in [2.45, 2.75) is 0 Å². The fraction of sp³-hybridized carbons (Fsp3) is 0. The van der Waals surface area contributed by atoms with Gasteiger partial charge in [0, 0.05) is 0 Å². The van der Waals surface area contributed by atoms with Gasteiger partial charge in [0.2, 0.25) is 0 Å². The van der Waals surface area contributed by atoms with Gasteiger partial charge in [0.05, 0.1) is 0 Å². The number of halogens is 1. The standard InChI is InChI=1S/ClH.O.H4Si.V/h1H;;1H4;. The van der Waals surface area contributed by atoms with Gasteiger partial charge in [-0.3, -0.25) is 0 Å². The van der Waals surface area contributed by atoms with Crippen LogP contribution in [0, 0.1) is 0 Å². The van der Waals surface area contributed by atoms with Crippen molar-refractivity contribution in [2.24, 2.45) is 0 Å². The number of hydrogen-bond acceptors (Lipinski definition) is 1. The molecule has 0 heterocycles. The molecule has 0 saturated heterocycles. The van der Waals surface area contributed by atoms with Crippen LogP contribution < -0.4 is 0 Å². The molecule has 0 spiro atoms. The molecule has 0 saturated carbocycles. The Morgan fingerprint density at radius 2 is 1.25 bits per heavy atom. The van der Waals surface area contributed by atoms with E-state index < -0.39 is 0 Å². The molecule has 4 heteroatoms. The average molecular weight is 136 g/mol. The SMILES string of the molecule is Cl.[O]=[V].[SiH4]. The van der Waals surface area contributed by atoms with Crippen LogP contribution in [0.15, 0.2) is 0 Å². The summed E-state index contributed by atoms with van der Waals surface area (Å²) in [5.74, 6) is 0. The summed E-state index contributed by atoms with van der Waals surface area (Å²) in [6.45, 7) is 0. The van der Waals surface area contributed by atoms with Gasteiger partial charge < -0.3 is 0 Å². The Bertz CT molecular complexity index is 8.00. The Morgan fingerprint density at radius 1 is 1.25 bits per heavy atom. The van der Waals surface area contributed by atoms with Crippen molar-refractivity contribution in [3.8, 4) is 0 Å². The van der Waals surface area contributed by atoms with Gasteiger partial charge in [-0.1, -0.05) is 0 Å². The molecule has 0 radical (unpaired) electrons. The van der Waals surface area contributed by atoms with E-state index in [4.69, 9.17) is 3.67 Å². The van der Waals surface area contributed by atoms with Crippen LogP contribution in [0.3, 0.4) is 0 Å². The molecule has 4 heavy (non-hydrogen) atoms. The first-order valence-corrected chi connectivity index (χ1v) is 0.753. The topological polar surface area (TPSA) is 17.1 Å². The Kier molecular flexibility index (Phi) is 212. The number of rotatable bonds is 0. The maximum atomic E-state index is 8.19. The Hall–Kier alpha value is 0.891. The molecule has 1 nitrogen and oxygen atoms in total. The van der Waals surface area contributed by atoms with Crippen LogP contribution in [0.1, 0.15) is 0 Å². The Labute approximate surface area is 44.8 Å². The molecule has 0 N–H and O–H groups in total. The Balaban J connectivity index is -0.00000000500. The second-order valence-electron chi connectivity index (χ2n) is 0. The molecule has 27 valence electrons. The molecule has 0 aromatic rings. The van der Waals surface area contributed by atoms with Gasteiger partial charge in [0.25, 0.3) is 0 Å². The monoisotopic (exact) mass is 135 g/mol. The summed E-state index contributed by atoms with van der Waals surface area (Å²) in [5, 5.41) is 0. The van der Waals surface area contributed by atoms with E-state index in [9.17, 15) is 0 Å². The van der Waals surface area contributed by atoms with Crippen LogP contribution >= 0.6 is 12.4 Å². The van der Waals surface area contributed by atoms with E-state index >= 15 is 0 Å². The molecule has 0 aliphatic carbocycles. The summed E-state index contributed by atoms with van der Waals surface area (Å²) in [4.78, 5) is 0. The van der Waals surface area contributed by atoms with Crippen LogP contribution in [0.2, 0.25) is 0 Å². The van der Waals surface area contributed by atoms with E-state index in [2.05, 4.69) is 0 Å². The summed E-state index contributed by atoms with van der Waals surface area (Å²) in [7, 11) is 0. The zero-order valence-electron chi connectivity index (χ0n) is 1.26. The van der Waals surface area contributed by atoms with E-state index in [1.807, 2.05) is 0 Å². The molecule has 0 aliphatic rings. The molecular formula is H5ClOSiV. The van der Waals surface area contributed by atoms with Crippen molar-refractivity contribution in [3.05, 3.63) is 0 Å². The van der Waals surface area contributed by atoms with Crippen molar-refractivity contribution in [1.82, 2.24) is 0 Å². The molecule has 0 rings (SSSR count). The van der Waals surface area contributed by atoms with Crippen molar-refractivity contribution >= 4 is 23.4 Å². The maximum Gasteiger partial charge on any atom is -0.0149 e. The van der Waals surface area contributed by atoms with E-state index in [-0.39, 0.29) is 23.4 Å². The van der Waals surface area contributed by atoms with Crippen LogP contribution in [0.5, 0.6) is 0 Å². The number of hydrogen-bond donors (Lipinski definition) is 0. The first-order valence-electron chi connectivity index (χ1n) is 0.183. The minimum Gasteiger partial charge on any atom is -0.0149 e. The molecule has 0 fully saturated rings. The Morgan fingerprint density at radius 3 is 1.25 bits per heavy atom. The van der Waals surface area contributed by atoms with Gasteiger partial charge in [-0.25, -0.2) is 0 Å². The van der Waals surface area contributed by atoms with E-state index in [1.54, 1.807) is 0 Å². The molecule has 0 unspecified atom stereocenters. The molecule has 0 atom stereocenters. The largest absolute Gasteiger partial charge is 0.0149 e. The van der Waals surface area contributed by atoms with Gasteiger partial charge in [0.1, 0.15) is 0 Å².